The standard InChI is InChI=1S/C19H26N2O3S/c1-5-23-19(24-6-2,25-7-3)18(22)17-13-14-20-21(17)15(4)16-11-9-8-10-12-16/h8-15H,5-7H2,1-4H3/t15-/m1/s1. The first-order valence-corrected chi connectivity index (χ1v) is 9.63. The van der Waals surface area contributed by atoms with E-state index in [1.807, 2.05) is 58.0 Å². The van der Waals surface area contributed by atoms with E-state index < -0.39 is 5.12 Å². The number of ether oxygens (including phenoxy) is 2. The molecule has 0 fully saturated rings. The molecule has 0 spiro atoms. The number of Topliss-reactive ketones (excluding diaryl/α,β-unsaturated/α-hetero) is 1. The monoisotopic (exact) mass is 362 g/mol. The minimum absolute atomic E-state index is 0.0669. The number of hydrogen-bond acceptors (Lipinski definition) is 5. The molecule has 0 saturated carbocycles. The van der Waals surface area contributed by atoms with Crippen molar-refractivity contribution < 1.29 is 14.3 Å². The summed E-state index contributed by atoms with van der Waals surface area (Å²) in [5, 5.41) is 3.06. The Balaban J connectivity index is 2.40. The predicted octanol–water partition coefficient (Wildman–Crippen LogP) is 4.16. The molecule has 0 saturated heterocycles. The van der Waals surface area contributed by atoms with Crippen molar-refractivity contribution in [1.82, 2.24) is 9.78 Å². The molecule has 25 heavy (non-hydrogen) atoms. The van der Waals surface area contributed by atoms with Crippen molar-refractivity contribution in [3.8, 4) is 0 Å². The second-order valence-electron chi connectivity index (χ2n) is 5.43. The molecule has 0 unspecified atom stereocenters. The second kappa shape index (κ2) is 9.17. The number of thioether (sulfide) groups is 1. The summed E-state index contributed by atoms with van der Waals surface area (Å²) in [4.78, 5) is 13.3. The van der Waals surface area contributed by atoms with Crippen molar-refractivity contribution in [3.05, 3.63) is 53.9 Å². The van der Waals surface area contributed by atoms with Gasteiger partial charge in [0.2, 0.25) is 0 Å². The summed E-state index contributed by atoms with van der Waals surface area (Å²) < 4.78 is 13.3. The minimum atomic E-state index is -1.33. The highest BCUT2D eigenvalue weighted by molar-refractivity contribution is 8.01. The average Bonchev–Trinajstić information content (AvgIpc) is 3.11. The highest BCUT2D eigenvalue weighted by atomic mass is 32.2. The lowest BCUT2D eigenvalue weighted by Gasteiger charge is -2.31. The Morgan fingerprint density at radius 1 is 1.16 bits per heavy atom. The lowest BCUT2D eigenvalue weighted by Crippen LogP contribution is -2.43. The van der Waals surface area contributed by atoms with Crippen LogP contribution in [0.2, 0.25) is 0 Å². The van der Waals surface area contributed by atoms with E-state index >= 15 is 0 Å². The average molecular weight is 362 g/mol. The summed E-state index contributed by atoms with van der Waals surface area (Å²) in [6.45, 7) is 8.51. The van der Waals surface area contributed by atoms with Crippen LogP contribution in [0.3, 0.4) is 0 Å². The van der Waals surface area contributed by atoms with E-state index in [0.717, 1.165) is 5.56 Å². The fraction of sp³-hybridized carbons (Fsp3) is 0.474. The number of nitrogens with zero attached hydrogens (tertiary/aromatic N) is 2. The largest absolute Gasteiger partial charge is 0.335 e. The zero-order valence-electron chi connectivity index (χ0n) is 15.3. The number of rotatable bonds is 10. The van der Waals surface area contributed by atoms with Crippen molar-refractivity contribution in [2.24, 2.45) is 0 Å². The topological polar surface area (TPSA) is 53.4 Å². The third-order valence-corrected chi connectivity index (χ3v) is 4.92. The van der Waals surface area contributed by atoms with Crippen LogP contribution < -0.4 is 0 Å². The van der Waals surface area contributed by atoms with Crippen LogP contribution in [0.25, 0.3) is 0 Å². The summed E-state index contributed by atoms with van der Waals surface area (Å²) in [5.41, 5.74) is 1.57. The van der Waals surface area contributed by atoms with Gasteiger partial charge in [0.15, 0.2) is 0 Å². The molecule has 0 aliphatic rings. The molecule has 6 heteroatoms. The lowest BCUT2D eigenvalue weighted by atomic mass is 10.1. The maximum absolute atomic E-state index is 13.3. The third-order valence-electron chi connectivity index (χ3n) is 3.83. The van der Waals surface area contributed by atoms with Gasteiger partial charge < -0.3 is 9.47 Å². The molecule has 0 N–H and O–H groups in total. The van der Waals surface area contributed by atoms with E-state index in [-0.39, 0.29) is 11.8 Å². The molecule has 0 radical (unpaired) electrons. The zero-order chi connectivity index (χ0) is 18.3. The van der Waals surface area contributed by atoms with Gasteiger partial charge in [0.05, 0.1) is 6.04 Å². The number of hydrogen-bond donors (Lipinski definition) is 0. The SMILES string of the molecule is CCOC(OCC)(SCC)C(=O)c1ccnn1[C@H](C)c1ccccc1. The third kappa shape index (κ3) is 4.32. The van der Waals surface area contributed by atoms with Crippen molar-refractivity contribution in [1.29, 1.82) is 0 Å². The molecule has 0 aliphatic carbocycles. The second-order valence-corrected chi connectivity index (χ2v) is 6.84. The fourth-order valence-corrected chi connectivity index (χ4v) is 3.74. The molecule has 0 aliphatic heterocycles. The molecule has 2 rings (SSSR count). The Hall–Kier alpha value is -1.63. The number of aromatic nitrogens is 2. The van der Waals surface area contributed by atoms with Gasteiger partial charge in [-0.1, -0.05) is 49.0 Å². The molecule has 136 valence electrons. The minimum Gasteiger partial charge on any atom is -0.335 e. The number of carbonyl (C=O) groups excluding carboxylic acids is 1. The first-order valence-electron chi connectivity index (χ1n) is 8.64. The van der Waals surface area contributed by atoms with E-state index in [0.29, 0.717) is 24.7 Å². The summed E-state index contributed by atoms with van der Waals surface area (Å²) in [7, 11) is 0. The molecule has 1 heterocycles. The van der Waals surface area contributed by atoms with E-state index in [1.54, 1.807) is 16.9 Å². The molecule has 0 amide bonds. The van der Waals surface area contributed by atoms with Crippen LogP contribution in [0.1, 0.15) is 49.8 Å². The molecule has 1 atom stereocenters. The smallest absolute Gasteiger partial charge is 0.286 e. The normalized spacial score (nSPS) is 13.0. The highest BCUT2D eigenvalue weighted by Gasteiger charge is 2.43. The van der Waals surface area contributed by atoms with Crippen LogP contribution >= 0.6 is 11.8 Å². The summed E-state index contributed by atoms with van der Waals surface area (Å²) >= 11 is 1.36. The summed E-state index contributed by atoms with van der Waals surface area (Å²) in [6.07, 6.45) is 1.64. The Morgan fingerprint density at radius 3 is 2.36 bits per heavy atom. The first-order chi connectivity index (χ1) is 12.1. The fourth-order valence-electron chi connectivity index (χ4n) is 2.72. The van der Waals surface area contributed by atoms with Crippen molar-refractivity contribution in [3.63, 3.8) is 0 Å². The van der Waals surface area contributed by atoms with Crippen LogP contribution in [0.4, 0.5) is 0 Å². The Kier molecular flexibility index (Phi) is 7.23. The van der Waals surface area contributed by atoms with E-state index in [1.165, 1.54) is 11.8 Å². The molecule has 1 aromatic heterocycles. The lowest BCUT2D eigenvalue weighted by molar-refractivity contribution is -0.134. The van der Waals surface area contributed by atoms with Gasteiger partial charge in [-0.3, -0.25) is 9.48 Å². The summed E-state index contributed by atoms with van der Waals surface area (Å²) in [5.74, 6) is 0.497. The molecule has 2 aromatic rings. The van der Waals surface area contributed by atoms with E-state index in [2.05, 4.69) is 5.10 Å². The van der Waals surface area contributed by atoms with Gasteiger partial charge >= 0.3 is 0 Å². The Labute approximate surface area is 153 Å². The van der Waals surface area contributed by atoms with Crippen LogP contribution in [-0.2, 0) is 9.47 Å². The predicted molar refractivity (Wildman–Crippen MR) is 101 cm³/mol. The zero-order valence-corrected chi connectivity index (χ0v) is 16.1. The van der Waals surface area contributed by atoms with E-state index in [9.17, 15) is 4.79 Å². The van der Waals surface area contributed by atoms with E-state index in [4.69, 9.17) is 9.47 Å². The molecular formula is C19H26N2O3S. The van der Waals surface area contributed by atoms with Crippen LogP contribution in [-0.4, -0.2) is 39.6 Å². The van der Waals surface area contributed by atoms with Gasteiger partial charge in [-0.05, 0) is 38.2 Å². The maximum atomic E-state index is 13.3. The molecule has 1 aromatic carbocycles. The van der Waals surface area contributed by atoms with Gasteiger partial charge in [-0.2, -0.15) is 5.10 Å². The summed E-state index contributed by atoms with van der Waals surface area (Å²) in [6, 6.07) is 11.6. The van der Waals surface area contributed by atoms with Gasteiger partial charge in [-0.25, -0.2) is 0 Å². The quantitative estimate of drug-likeness (QED) is 0.469. The van der Waals surface area contributed by atoms with Crippen molar-refractivity contribution in [2.75, 3.05) is 19.0 Å². The van der Waals surface area contributed by atoms with Gasteiger partial charge in [0.1, 0.15) is 5.69 Å². The Morgan fingerprint density at radius 2 is 1.80 bits per heavy atom. The van der Waals surface area contributed by atoms with Crippen LogP contribution in [0.15, 0.2) is 42.6 Å². The van der Waals surface area contributed by atoms with Gasteiger partial charge in [0.25, 0.3) is 10.9 Å². The van der Waals surface area contributed by atoms with Crippen molar-refractivity contribution in [2.45, 2.75) is 38.9 Å². The number of benzene rings is 1. The Bertz CT molecular complexity index is 655. The first kappa shape index (κ1) is 19.7. The van der Waals surface area contributed by atoms with Crippen LogP contribution in [0, 0.1) is 0 Å². The highest BCUT2D eigenvalue weighted by Crippen LogP contribution is 2.33. The van der Waals surface area contributed by atoms with Crippen LogP contribution in [0.5, 0.6) is 0 Å². The maximum Gasteiger partial charge on any atom is 0.286 e. The van der Waals surface area contributed by atoms with Gasteiger partial charge in [0, 0.05) is 19.4 Å². The van der Waals surface area contributed by atoms with Gasteiger partial charge in [-0.15, -0.1) is 0 Å². The molecular weight excluding hydrogens is 336 g/mol. The molecule has 0 bridgehead atoms. The number of carbonyl (C=O) groups is 1. The molecule has 5 nitrogen and oxygen atoms in total. The van der Waals surface area contributed by atoms with Crippen molar-refractivity contribution >= 4 is 17.5 Å². The number of ketones is 1.